The Morgan fingerprint density at radius 3 is 2.67 bits per heavy atom. The molecule has 0 saturated heterocycles. The van der Waals surface area contributed by atoms with E-state index in [0.717, 1.165) is 12.0 Å². The summed E-state index contributed by atoms with van der Waals surface area (Å²) in [4.78, 5) is 37.7. The van der Waals surface area contributed by atoms with Crippen LogP contribution in [0.1, 0.15) is 46.5 Å². The lowest BCUT2D eigenvalue weighted by atomic mass is 9.45. The second kappa shape index (κ2) is 5.71. The van der Waals surface area contributed by atoms with E-state index in [1.807, 2.05) is 13.0 Å². The first kappa shape index (κ1) is 18.8. The predicted octanol–water partition coefficient (Wildman–Crippen LogP) is 2.01. The summed E-state index contributed by atoms with van der Waals surface area (Å²) >= 11 is 0. The first-order valence-electron chi connectivity index (χ1n) is 9.93. The van der Waals surface area contributed by atoms with E-state index in [2.05, 4.69) is 13.8 Å². The highest BCUT2D eigenvalue weighted by molar-refractivity contribution is 6.02. The average molecular weight is 372 g/mol. The van der Waals surface area contributed by atoms with Gasteiger partial charge < -0.3 is 10.2 Å². The standard InChI is InChI=1S/C22H28O5/c1-12-8-14-15-5-7-22(27,18(26)11-23)21(15,3)10-17(25)19(14)20(2)6-4-13(24)9-16(12)20/h4,6,9,12,14-15,19,23,27H,5,7-8,10-11H2,1-3H3/t12-,14-,15-,19+,20-,21-,22-/m1/s1. The van der Waals surface area contributed by atoms with Crippen molar-refractivity contribution in [3.05, 3.63) is 23.8 Å². The summed E-state index contributed by atoms with van der Waals surface area (Å²) in [5.74, 6) is -0.484. The Balaban J connectivity index is 1.79. The van der Waals surface area contributed by atoms with Gasteiger partial charge in [-0.2, -0.15) is 0 Å². The molecule has 5 nitrogen and oxygen atoms in total. The van der Waals surface area contributed by atoms with E-state index >= 15 is 0 Å². The van der Waals surface area contributed by atoms with Crippen molar-refractivity contribution < 1.29 is 24.6 Å². The lowest BCUT2D eigenvalue weighted by Gasteiger charge is -2.58. The molecule has 0 aliphatic heterocycles. The molecule has 5 heteroatoms. The Morgan fingerprint density at radius 1 is 1.30 bits per heavy atom. The fourth-order valence-electron chi connectivity index (χ4n) is 7.05. The third kappa shape index (κ3) is 2.21. The maximum atomic E-state index is 13.4. The van der Waals surface area contributed by atoms with Gasteiger partial charge in [-0.25, -0.2) is 0 Å². The van der Waals surface area contributed by atoms with E-state index < -0.39 is 28.8 Å². The molecule has 0 heterocycles. The maximum Gasteiger partial charge on any atom is 0.190 e. The molecule has 2 N–H and O–H groups in total. The normalized spacial score (nSPS) is 48.6. The van der Waals surface area contributed by atoms with E-state index in [1.165, 1.54) is 0 Å². The van der Waals surface area contributed by atoms with Crippen molar-refractivity contribution in [1.29, 1.82) is 0 Å². The maximum absolute atomic E-state index is 13.4. The zero-order valence-corrected chi connectivity index (χ0v) is 16.2. The lowest BCUT2D eigenvalue weighted by molar-refractivity contribution is -0.169. The second-order valence-corrected chi connectivity index (χ2v) is 9.54. The summed E-state index contributed by atoms with van der Waals surface area (Å²) in [5.41, 5.74) is -1.91. The molecule has 4 aliphatic carbocycles. The van der Waals surface area contributed by atoms with Gasteiger partial charge in [0.15, 0.2) is 11.6 Å². The second-order valence-electron chi connectivity index (χ2n) is 9.54. The third-order valence-electron chi connectivity index (χ3n) is 8.33. The Morgan fingerprint density at radius 2 is 2.00 bits per heavy atom. The van der Waals surface area contributed by atoms with Crippen LogP contribution in [0.2, 0.25) is 0 Å². The Bertz CT molecular complexity index is 795. The van der Waals surface area contributed by atoms with Crippen LogP contribution in [0.3, 0.4) is 0 Å². The smallest absolute Gasteiger partial charge is 0.190 e. The number of Topliss-reactive ketones (excluding diaryl/α,β-unsaturated/α-hetero) is 2. The highest BCUT2D eigenvalue weighted by atomic mass is 16.3. The molecule has 0 bridgehead atoms. The number of ketones is 3. The number of allylic oxidation sites excluding steroid dienone is 4. The molecular formula is C22H28O5. The van der Waals surface area contributed by atoms with E-state index in [-0.39, 0.29) is 41.7 Å². The Hall–Kier alpha value is -1.59. The zero-order chi connectivity index (χ0) is 19.8. The van der Waals surface area contributed by atoms with Crippen molar-refractivity contribution in [3.63, 3.8) is 0 Å². The summed E-state index contributed by atoms with van der Waals surface area (Å²) in [5, 5.41) is 20.6. The predicted molar refractivity (Wildman–Crippen MR) is 98.6 cm³/mol. The van der Waals surface area contributed by atoms with Gasteiger partial charge in [-0.1, -0.05) is 32.4 Å². The minimum atomic E-state index is -1.63. The number of fused-ring (bicyclic) bond motifs is 5. The number of carbonyl (C=O) groups excluding carboxylic acids is 3. The van der Waals surface area contributed by atoms with Gasteiger partial charge in [-0.3, -0.25) is 14.4 Å². The largest absolute Gasteiger partial charge is 0.388 e. The van der Waals surface area contributed by atoms with Gasteiger partial charge >= 0.3 is 0 Å². The van der Waals surface area contributed by atoms with Gasteiger partial charge in [0.1, 0.15) is 18.0 Å². The molecule has 3 saturated carbocycles. The van der Waals surface area contributed by atoms with E-state index in [4.69, 9.17) is 0 Å². The molecule has 146 valence electrons. The quantitative estimate of drug-likeness (QED) is 0.774. The average Bonchev–Trinajstić information content (AvgIpc) is 2.87. The van der Waals surface area contributed by atoms with Gasteiger partial charge in [-0.05, 0) is 49.2 Å². The molecule has 4 aliphatic rings. The van der Waals surface area contributed by atoms with Gasteiger partial charge in [0.2, 0.25) is 0 Å². The molecular weight excluding hydrogens is 344 g/mol. The lowest BCUT2D eigenvalue weighted by Crippen LogP contribution is -2.61. The van der Waals surface area contributed by atoms with Crippen molar-refractivity contribution in [2.45, 2.75) is 52.1 Å². The minimum absolute atomic E-state index is 0.0235. The van der Waals surface area contributed by atoms with Gasteiger partial charge in [0.25, 0.3) is 0 Å². The van der Waals surface area contributed by atoms with Gasteiger partial charge in [-0.15, -0.1) is 0 Å². The number of carbonyl (C=O) groups is 3. The Labute approximate surface area is 159 Å². The summed E-state index contributed by atoms with van der Waals surface area (Å²) in [6.07, 6.45) is 7.06. The molecule has 0 aromatic heterocycles. The Kier molecular flexibility index (Phi) is 3.97. The highest BCUT2D eigenvalue weighted by Gasteiger charge is 2.68. The van der Waals surface area contributed by atoms with Crippen LogP contribution in [0.25, 0.3) is 0 Å². The van der Waals surface area contributed by atoms with Crippen LogP contribution in [0.15, 0.2) is 23.8 Å². The summed E-state index contributed by atoms with van der Waals surface area (Å²) < 4.78 is 0. The summed E-state index contributed by atoms with van der Waals surface area (Å²) in [7, 11) is 0. The van der Waals surface area contributed by atoms with E-state index in [9.17, 15) is 24.6 Å². The van der Waals surface area contributed by atoms with Gasteiger partial charge in [0, 0.05) is 23.2 Å². The third-order valence-corrected chi connectivity index (χ3v) is 8.33. The topological polar surface area (TPSA) is 91.7 Å². The van der Waals surface area contributed by atoms with Crippen molar-refractivity contribution in [3.8, 4) is 0 Å². The fraction of sp³-hybridized carbons (Fsp3) is 0.682. The fourth-order valence-corrected chi connectivity index (χ4v) is 7.05. The number of hydrogen-bond acceptors (Lipinski definition) is 5. The molecule has 0 radical (unpaired) electrons. The number of rotatable bonds is 2. The van der Waals surface area contributed by atoms with E-state index in [0.29, 0.717) is 12.8 Å². The van der Waals surface area contributed by atoms with Crippen LogP contribution < -0.4 is 0 Å². The van der Waals surface area contributed by atoms with Crippen LogP contribution in [0.4, 0.5) is 0 Å². The molecule has 0 aromatic carbocycles. The van der Waals surface area contributed by atoms with Crippen LogP contribution in [-0.4, -0.2) is 39.8 Å². The first-order valence-corrected chi connectivity index (χ1v) is 9.93. The van der Waals surface area contributed by atoms with Crippen LogP contribution >= 0.6 is 0 Å². The molecule has 4 rings (SSSR count). The molecule has 0 amide bonds. The summed E-state index contributed by atoms with van der Waals surface area (Å²) in [6, 6.07) is 0. The molecule has 0 aromatic rings. The van der Waals surface area contributed by atoms with Crippen LogP contribution in [0, 0.1) is 34.5 Å². The first-order chi connectivity index (χ1) is 12.6. The minimum Gasteiger partial charge on any atom is -0.388 e. The highest BCUT2D eigenvalue weighted by Crippen LogP contribution is 2.66. The van der Waals surface area contributed by atoms with Crippen LogP contribution in [0.5, 0.6) is 0 Å². The van der Waals surface area contributed by atoms with Crippen molar-refractivity contribution in [2.24, 2.45) is 34.5 Å². The zero-order valence-electron chi connectivity index (χ0n) is 16.2. The number of aliphatic hydroxyl groups is 2. The number of hydrogen-bond donors (Lipinski definition) is 2. The molecule has 27 heavy (non-hydrogen) atoms. The monoisotopic (exact) mass is 372 g/mol. The molecule has 0 spiro atoms. The molecule has 7 atom stereocenters. The summed E-state index contributed by atoms with van der Waals surface area (Å²) in [6.45, 7) is 5.30. The molecule has 3 fully saturated rings. The van der Waals surface area contributed by atoms with Gasteiger partial charge in [0.05, 0.1) is 0 Å². The van der Waals surface area contributed by atoms with Crippen molar-refractivity contribution in [1.82, 2.24) is 0 Å². The number of aliphatic hydroxyl groups excluding tert-OH is 1. The van der Waals surface area contributed by atoms with E-state index in [1.54, 1.807) is 12.2 Å². The SMILES string of the molecule is C[C@@H]1C[C@H]2[C@@H](C(=O)C[C@]3(C)[C@@H]2CC[C@@]3(O)C(=O)CO)[C@]2(C)C=CC(=O)C=C12. The van der Waals surface area contributed by atoms with Crippen molar-refractivity contribution >= 4 is 17.3 Å². The molecule has 0 unspecified atom stereocenters. The van der Waals surface area contributed by atoms with Crippen molar-refractivity contribution in [2.75, 3.05) is 6.61 Å². The van der Waals surface area contributed by atoms with Crippen LogP contribution in [-0.2, 0) is 14.4 Å².